The van der Waals surface area contributed by atoms with Gasteiger partial charge < -0.3 is 5.32 Å². The average molecular weight is 219 g/mol. The summed E-state index contributed by atoms with van der Waals surface area (Å²) >= 11 is 0. The Kier molecular flexibility index (Phi) is 4.23. The van der Waals surface area contributed by atoms with Crippen LogP contribution in [0.2, 0.25) is 0 Å². The van der Waals surface area contributed by atoms with Gasteiger partial charge in [-0.05, 0) is 26.3 Å². The molecule has 1 N–H and O–H groups in total. The molecule has 0 aromatic heterocycles. The lowest BCUT2D eigenvalue weighted by atomic mass is 10.1. The van der Waals surface area contributed by atoms with Crippen molar-refractivity contribution in [3.8, 4) is 0 Å². The van der Waals surface area contributed by atoms with Crippen LogP contribution in [0.25, 0.3) is 0 Å². The molecule has 0 aliphatic heterocycles. The molecule has 0 saturated heterocycles. The molecule has 0 aliphatic rings. The zero-order valence-corrected chi connectivity index (χ0v) is 9.91. The van der Waals surface area contributed by atoms with Gasteiger partial charge in [0.1, 0.15) is 0 Å². The first-order valence-corrected chi connectivity index (χ1v) is 5.34. The minimum absolute atomic E-state index is 0.0303. The second kappa shape index (κ2) is 5.45. The van der Waals surface area contributed by atoms with Crippen LogP contribution in [0.4, 0.5) is 0 Å². The minimum Gasteiger partial charge on any atom is -0.346 e. The van der Waals surface area contributed by atoms with E-state index in [0.29, 0.717) is 6.42 Å². The summed E-state index contributed by atoms with van der Waals surface area (Å²) < 4.78 is 0. The molecule has 1 aromatic carbocycles. The first-order valence-electron chi connectivity index (χ1n) is 5.34. The molecule has 0 aliphatic carbocycles. The second-order valence-corrected chi connectivity index (χ2v) is 4.06. The predicted octanol–water partition coefficient (Wildman–Crippen LogP) is 1.63. The number of hydrogen-bond donors (Lipinski definition) is 1. The van der Waals surface area contributed by atoms with E-state index < -0.39 is 6.04 Å². The minimum atomic E-state index is -0.405. The topological polar surface area (TPSA) is 46.2 Å². The largest absolute Gasteiger partial charge is 0.346 e. The van der Waals surface area contributed by atoms with Gasteiger partial charge in [-0.3, -0.25) is 9.59 Å². The van der Waals surface area contributed by atoms with Crippen molar-refractivity contribution in [1.29, 1.82) is 0 Å². The van der Waals surface area contributed by atoms with E-state index in [2.05, 4.69) is 5.32 Å². The Labute approximate surface area is 95.9 Å². The smallest absolute Gasteiger partial charge is 0.224 e. The van der Waals surface area contributed by atoms with Crippen LogP contribution in [0, 0.1) is 6.92 Å². The predicted molar refractivity (Wildman–Crippen MR) is 63.2 cm³/mol. The van der Waals surface area contributed by atoms with Crippen LogP contribution < -0.4 is 5.32 Å². The van der Waals surface area contributed by atoms with Crippen LogP contribution in [0.3, 0.4) is 0 Å². The van der Waals surface area contributed by atoms with E-state index in [1.54, 1.807) is 6.92 Å². The maximum atomic E-state index is 11.5. The third-order valence-electron chi connectivity index (χ3n) is 2.47. The molecular weight excluding hydrogens is 202 g/mol. The zero-order chi connectivity index (χ0) is 12.1. The van der Waals surface area contributed by atoms with Gasteiger partial charge in [-0.2, -0.15) is 0 Å². The van der Waals surface area contributed by atoms with Gasteiger partial charge in [0.25, 0.3) is 0 Å². The van der Waals surface area contributed by atoms with Gasteiger partial charge in [0.05, 0.1) is 12.5 Å². The summed E-state index contributed by atoms with van der Waals surface area (Å²) in [6, 6.07) is 7.38. The van der Waals surface area contributed by atoms with E-state index in [9.17, 15) is 9.59 Å². The third-order valence-corrected chi connectivity index (χ3v) is 2.47. The highest BCUT2D eigenvalue weighted by Crippen LogP contribution is 2.03. The number of rotatable bonds is 4. The number of carbonyl (C=O) groups excluding carboxylic acids is 2. The van der Waals surface area contributed by atoms with E-state index in [1.165, 1.54) is 12.5 Å². The Morgan fingerprint density at radius 1 is 1.25 bits per heavy atom. The summed E-state index contributed by atoms with van der Waals surface area (Å²) in [5.74, 6) is -0.149. The molecule has 0 radical (unpaired) electrons. The van der Waals surface area contributed by atoms with Gasteiger partial charge in [-0.25, -0.2) is 0 Å². The molecule has 1 atom stereocenters. The fourth-order valence-corrected chi connectivity index (χ4v) is 1.29. The van der Waals surface area contributed by atoms with Crippen molar-refractivity contribution in [1.82, 2.24) is 5.32 Å². The van der Waals surface area contributed by atoms with Crippen LogP contribution in [0.1, 0.15) is 25.0 Å². The van der Waals surface area contributed by atoms with E-state index in [-0.39, 0.29) is 11.7 Å². The fraction of sp³-hybridized carbons (Fsp3) is 0.385. The van der Waals surface area contributed by atoms with Crippen LogP contribution in [0.15, 0.2) is 24.3 Å². The van der Waals surface area contributed by atoms with Gasteiger partial charge in [0, 0.05) is 0 Å². The van der Waals surface area contributed by atoms with Crippen LogP contribution >= 0.6 is 0 Å². The molecule has 86 valence electrons. The Balaban J connectivity index is 2.52. The maximum Gasteiger partial charge on any atom is 0.224 e. The number of nitrogens with one attached hydrogen (secondary N) is 1. The number of carbonyl (C=O) groups is 2. The normalized spacial score (nSPS) is 11.9. The van der Waals surface area contributed by atoms with Crippen molar-refractivity contribution in [2.45, 2.75) is 33.2 Å². The quantitative estimate of drug-likeness (QED) is 0.836. The molecule has 1 aromatic rings. The SMILES string of the molecule is CC(=O)C(C)NC(=O)Cc1ccc(C)cc1. The van der Waals surface area contributed by atoms with Crippen molar-refractivity contribution in [2.75, 3.05) is 0 Å². The molecule has 0 heterocycles. The average Bonchev–Trinajstić information content (AvgIpc) is 2.21. The molecule has 3 nitrogen and oxygen atoms in total. The Bertz CT molecular complexity index is 381. The molecule has 16 heavy (non-hydrogen) atoms. The number of Topliss-reactive ketones (excluding diaryl/α,β-unsaturated/α-hetero) is 1. The molecule has 0 bridgehead atoms. The van der Waals surface area contributed by atoms with Gasteiger partial charge in [0.2, 0.25) is 5.91 Å². The molecule has 1 amide bonds. The number of benzene rings is 1. The molecule has 1 rings (SSSR count). The van der Waals surface area contributed by atoms with E-state index in [4.69, 9.17) is 0 Å². The Morgan fingerprint density at radius 3 is 2.31 bits per heavy atom. The van der Waals surface area contributed by atoms with Crippen LogP contribution in [-0.2, 0) is 16.0 Å². The molecule has 0 saturated carbocycles. The second-order valence-electron chi connectivity index (χ2n) is 4.06. The maximum absolute atomic E-state index is 11.5. The highest BCUT2D eigenvalue weighted by Gasteiger charge is 2.11. The summed E-state index contributed by atoms with van der Waals surface area (Å²) in [5, 5.41) is 2.65. The molecule has 1 unspecified atom stereocenters. The lowest BCUT2D eigenvalue weighted by Crippen LogP contribution is -2.38. The van der Waals surface area contributed by atoms with Gasteiger partial charge in [-0.1, -0.05) is 29.8 Å². The van der Waals surface area contributed by atoms with Crippen LogP contribution in [0.5, 0.6) is 0 Å². The van der Waals surface area contributed by atoms with Gasteiger partial charge in [0.15, 0.2) is 5.78 Å². The van der Waals surface area contributed by atoms with Crippen LogP contribution in [-0.4, -0.2) is 17.7 Å². The monoisotopic (exact) mass is 219 g/mol. The number of hydrogen-bond acceptors (Lipinski definition) is 2. The van der Waals surface area contributed by atoms with E-state index in [1.807, 2.05) is 31.2 Å². The molecule has 0 spiro atoms. The summed E-state index contributed by atoms with van der Waals surface area (Å²) in [6.07, 6.45) is 0.317. The Morgan fingerprint density at radius 2 is 1.81 bits per heavy atom. The molecule has 0 fully saturated rings. The van der Waals surface area contributed by atoms with Crippen molar-refractivity contribution in [2.24, 2.45) is 0 Å². The Hall–Kier alpha value is -1.64. The standard InChI is InChI=1S/C13H17NO2/c1-9-4-6-12(7-5-9)8-13(16)14-10(2)11(3)15/h4-7,10H,8H2,1-3H3,(H,14,16). The lowest BCUT2D eigenvalue weighted by Gasteiger charge is -2.10. The van der Waals surface area contributed by atoms with E-state index in [0.717, 1.165) is 5.56 Å². The van der Waals surface area contributed by atoms with Crippen molar-refractivity contribution < 1.29 is 9.59 Å². The first-order chi connectivity index (χ1) is 7.49. The highest BCUT2D eigenvalue weighted by molar-refractivity contribution is 5.87. The van der Waals surface area contributed by atoms with Crippen molar-refractivity contribution in [3.63, 3.8) is 0 Å². The fourth-order valence-electron chi connectivity index (χ4n) is 1.29. The summed E-state index contributed by atoms with van der Waals surface area (Å²) in [7, 11) is 0. The summed E-state index contributed by atoms with van der Waals surface area (Å²) in [6.45, 7) is 5.16. The van der Waals surface area contributed by atoms with Crippen molar-refractivity contribution >= 4 is 11.7 Å². The number of ketones is 1. The number of amides is 1. The first kappa shape index (κ1) is 12.4. The summed E-state index contributed by atoms with van der Waals surface area (Å²) in [5.41, 5.74) is 2.13. The third kappa shape index (κ3) is 3.85. The number of aryl methyl sites for hydroxylation is 1. The van der Waals surface area contributed by atoms with E-state index >= 15 is 0 Å². The van der Waals surface area contributed by atoms with Crippen molar-refractivity contribution in [3.05, 3.63) is 35.4 Å². The molecule has 3 heteroatoms. The molecular formula is C13H17NO2. The van der Waals surface area contributed by atoms with Gasteiger partial charge >= 0.3 is 0 Å². The highest BCUT2D eigenvalue weighted by atomic mass is 16.2. The summed E-state index contributed by atoms with van der Waals surface area (Å²) in [4.78, 5) is 22.5. The zero-order valence-electron chi connectivity index (χ0n) is 9.91. The lowest BCUT2D eigenvalue weighted by molar-refractivity contribution is -0.126. The van der Waals surface area contributed by atoms with Gasteiger partial charge in [-0.15, -0.1) is 0 Å².